The fourth-order valence-electron chi connectivity index (χ4n) is 2.70. The van der Waals surface area contributed by atoms with E-state index < -0.39 is 11.0 Å². The van der Waals surface area contributed by atoms with Crippen LogP contribution in [0, 0.1) is 16.0 Å². The van der Waals surface area contributed by atoms with Gasteiger partial charge in [-0.05, 0) is 24.8 Å². The van der Waals surface area contributed by atoms with Gasteiger partial charge < -0.3 is 19.9 Å². The van der Waals surface area contributed by atoms with E-state index in [1.54, 1.807) is 6.07 Å². The van der Waals surface area contributed by atoms with Crippen molar-refractivity contribution >= 4 is 18.1 Å². The van der Waals surface area contributed by atoms with Crippen LogP contribution in [0.15, 0.2) is 12.1 Å². The van der Waals surface area contributed by atoms with Gasteiger partial charge in [-0.15, -0.1) is 12.4 Å². The highest BCUT2D eigenvalue weighted by Gasteiger charge is 2.31. The summed E-state index contributed by atoms with van der Waals surface area (Å²) in [5, 5.41) is 11.2. The van der Waals surface area contributed by atoms with Crippen molar-refractivity contribution in [2.75, 3.05) is 20.0 Å². The monoisotopic (exact) mass is 316 g/mol. The molecule has 1 atom stereocenters. The first-order valence-corrected chi connectivity index (χ1v) is 6.58. The first kappa shape index (κ1) is 15.8. The van der Waals surface area contributed by atoms with Gasteiger partial charge in [0.15, 0.2) is 11.5 Å². The fraction of sp³-hybridized carbons (Fsp3) is 0.538. The Hall–Kier alpha value is -1.57. The lowest BCUT2D eigenvalue weighted by atomic mass is 9.87. The van der Waals surface area contributed by atoms with E-state index in [4.69, 9.17) is 19.9 Å². The third-order valence-corrected chi connectivity index (χ3v) is 3.85. The third kappa shape index (κ3) is 3.04. The van der Waals surface area contributed by atoms with Gasteiger partial charge in [-0.25, -0.2) is 0 Å². The maximum atomic E-state index is 11.2. The van der Waals surface area contributed by atoms with Crippen LogP contribution < -0.4 is 15.2 Å². The number of hydrogen-bond donors (Lipinski definition) is 1. The van der Waals surface area contributed by atoms with Gasteiger partial charge in [0.2, 0.25) is 6.79 Å². The van der Waals surface area contributed by atoms with E-state index >= 15 is 0 Å². The molecule has 8 heteroatoms. The molecular weight excluding hydrogens is 300 g/mol. The molecule has 2 aliphatic rings. The molecule has 0 aromatic heterocycles. The van der Waals surface area contributed by atoms with Crippen molar-refractivity contribution < 1.29 is 19.1 Å². The van der Waals surface area contributed by atoms with Crippen LogP contribution in [0.3, 0.4) is 0 Å². The van der Waals surface area contributed by atoms with Gasteiger partial charge in [0.25, 0.3) is 5.69 Å². The standard InChI is InChI=1S/C13H16N2O5.ClH/c14-13(8-1-3-18-4-2-8)9-5-11-12(20-7-19-11)6-10(9)15(16)17;/h5-6,8,13H,1-4,7,14H2;1H/t13-;/m1./s1. The Labute approximate surface area is 127 Å². The number of fused-ring (bicyclic) bond motifs is 1. The van der Waals surface area contributed by atoms with Crippen LogP contribution in [0.5, 0.6) is 11.5 Å². The lowest BCUT2D eigenvalue weighted by Crippen LogP contribution is -2.28. The molecule has 7 nitrogen and oxygen atoms in total. The second-order valence-electron chi connectivity index (χ2n) is 5.00. The van der Waals surface area contributed by atoms with E-state index in [0.29, 0.717) is 30.3 Å². The summed E-state index contributed by atoms with van der Waals surface area (Å²) in [5.41, 5.74) is 6.75. The molecule has 0 radical (unpaired) electrons. The molecule has 1 fully saturated rings. The van der Waals surface area contributed by atoms with Crippen molar-refractivity contribution in [3.8, 4) is 11.5 Å². The highest BCUT2D eigenvalue weighted by atomic mass is 35.5. The topological polar surface area (TPSA) is 96.9 Å². The van der Waals surface area contributed by atoms with E-state index in [2.05, 4.69) is 0 Å². The van der Waals surface area contributed by atoms with Crippen LogP contribution in [0.1, 0.15) is 24.4 Å². The van der Waals surface area contributed by atoms with Gasteiger partial charge in [-0.2, -0.15) is 0 Å². The Morgan fingerprint density at radius 2 is 1.86 bits per heavy atom. The molecule has 0 amide bonds. The Bertz CT molecular complexity index is 534. The molecule has 21 heavy (non-hydrogen) atoms. The van der Waals surface area contributed by atoms with Crippen molar-refractivity contribution in [1.29, 1.82) is 0 Å². The van der Waals surface area contributed by atoms with E-state index in [1.165, 1.54) is 6.07 Å². The first-order chi connectivity index (χ1) is 9.66. The molecule has 2 N–H and O–H groups in total. The lowest BCUT2D eigenvalue weighted by Gasteiger charge is -2.27. The summed E-state index contributed by atoms with van der Waals surface area (Å²) in [7, 11) is 0. The molecule has 0 aliphatic carbocycles. The Balaban J connectivity index is 0.00000161. The summed E-state index contributed by atoms with van der Waals surface area (Å²) in [6.45, 7) is 1.38. The zero-order valence-corrected chi connectivity index (χ0v) is 12.1. The van der Waals surface area contributed by atoms with Crippen molar-refractivity contribution in [2.24, 2.45) is 11.7 Å². The highest BCUT2D eigenvalue weighted by Crippen LogP contribution is 2.42. The van der Waals surface area contributed by atoms with Gasteiger partial charge in [0.05, 0.1) is 16.6 Å². The summed E-state index contributed by atoms with van der Waals surface area (Å²) in [6, 6.07) is 2.64. The van der Waals surface area contributed by atoms with Gasteiger partial charge in [-0.3, -0.25) is 10.1 Å². The number of rotatable bonds is 3. The molecule has 1 aromatic rings. The number of benzene rings is 1. The van der Waals surface area contributed by atoms with Crippen LogP contribution in [-0.2, 0) is 4.74 Å². The minimum atomic E-state index is -0.420. The number of ether oxygens (including phenoxy) is 3. The Morgan fingerprint density at radius 1 is 1.24 bits per heavy atom. The number of nitro benzene ring substituents is 1. The molecule has 116 valence electrons. The molecule has 0 saturated carbocycles. The maximum absolute atomic E-state index is 11.2. The summed E-state index contributed by atoms with van der Waals surface area (Å²) in [4.78, 5) is 10.8. The minimum Gasteiger partial charge on any atom is -0.454 e. The van der Waals surface area contributed by atoms with Crippen molar-refractivity contribution in [1.82, 2.24) is 0 Å². The summed E-state index contributed by atoms with van der Waals surface area (Å²) < 4.78 is 15.8. The predicted octanol–water partition coefficient (Wildman–Crippen LogP) is 2.17. The molecule has 1 aromatic carbocycles. The lowest BCUT2D eigenvalue weighted by molar-refractivity contribution is -0.385. The Morgan fingerprint density at radius 3 is 2.48 bits per heavy atom. The van der Waals surface area contributed by atoms with Crippen molar-refractivity contribution in [2.45, 2.75) is 18.9 Å². The zero-order valence-electron chi connectivity index (χ0n) is 11.3. The molecule has 1 saturated heterocycles. The SMILES string of the molecule is Cl.N[C@@H](c1cc2c(cc1[N+](=O)[O-])OCO2)C1CCOCC1. The second kappa shape index (κ2) is 6.46. The van der Waals surface area contributed by atoms with Gasteiger partial charge >= 0.3 is 0 Å². The van der Waals surface area contributed by atoms with E-state index in [1.807, 2.05) is 0 Å². The number of hydrogen-bond acceptors (Lipinski definition) is 6. The number of nitrogens with two attached hydrogens (primary N) is 1. The van der Waals surface area contributed by atoms with Gasteiger partial charge in [0, 0.05) is 19.3 Å². The molecular formula is C13H17ClN2O5. The minimum absolute atomic E-state index is 0. The zero-order chi connectivity index (χ0) is 14.1. The second-order valence-corrected chi connectivity index (χ2v) is 5.00. The third-order valence-electron chi connectivity index (χ3n) is 3.85. The van der Waals surface area contributed by atoms with Crippen LogP contribution >= 0.6 is 12.4 Å². The van der Waals surface area contributed by atoms with Gasteiger partial charge in [0.1, 0.15) is 0 Å². The normalized spacial score (nSPS) is 18.9. The number of nitrogens with zero attached hydrogens (tertiary/aromatic N) is 1. The van der Waals surface area contributed by atoms with E-state index in [9.17, 15) is 10.1 Å². The molecule has 0 spiro atoms. The van der Waals surface area contributed by atoms with Crippen LogP contribution in [-0.4, -0.2) is 24.9 Å². The average Bonchev–Trinajstić information content (AvgIpc) is 2.93. The molecule has 2 heterocycles. The van der Waals surface area contributed by atoms with Crippen molar-refractivity contribution in [3.05, 3.63) is 27.8 Å². The quantitative estimate of drug-likeness (QED) is 0.678. The molecule has 0 unspecified atom stereocenters. The van der Waals surface area contributed by atoms with Crippen LogP contribution in [0.4, 0.5) is 5.69 Å². The Kier molecular flexibility index (Phi) is 4.87. The smallest absolute Gasteiger partial charge is 0.278 e. The van der Waals surface area contributed by atoms with Gasteiger partial charge in [-0.1, -0.05) is 0 Å². The maximum Gasteiger partial charge on any atom is 0.278 e. The first-order valence-electron chi connectivity index (χ1n) is 6.58. The van der Waals surface area contributed by atoms with Crippen LogP contribution in [0.25, 0.3) is 0 Å². The van der Waals surface area contributed by atoms with E-state index in [-0.39, 0.29) is 30.8 Å². The summed E-state index contributed by atoms with van der Waals surface area (Å²) in [5.74, 6) is 1.11. The molecule has 3 rings (SSSR count). The number of halogens is 1. The number of nitro groups is 1. The van der Waals surface area contributed by atoms with E-state index in [0.717, 1.165) is 12.8 Å². The highest BCUT2D eigenvalue weighted by molar-refractivity contribution is 5.85. The van der Waals surface area contributed by atoms with Crippen molar-refractivity contribution in [3.63, 3.8) is 0 Å². The summed E-state index contributed by atoms with van der Waals surface area (Å²) in [6.07, 6.45) is 1.62. The van der Waals surface area contributed by atoms with Crippen LogP contribution in [0.2, 0.25) is 0 Å². The summed E-state index contributed by atoms with van der Waals surface area (Å²) >= 11 is 0. The fourth-order valence-corrected chi connectivity index (χ4v) is 2.70. The molecule has 2 aliphatic heterocycles. The average molecular weight is 317 g/mol. The molecule has 0 bridgehead atoms. The predicted molar refractivity (Wildman–Crippen MR) is 76.9 cm³/mol. The largest absolute Gasteiger partial charge is 0.454 e.